The molecule has 0 atom stereocenters. The molecule has 216 valence electrons. The molecule has 3 aromatic rings. The molecule has 41 heavy (non-hydrogen) atoms. The maximum absolute atomic E-state index is 13.4. The molecule has 0 heterocycles. The third-order valence-corrected chi connectivity index (χ3v) is 6.71. The van der Waals surface area contributed by atoms with Gasteiger partial charge in [0.1, 0.15) is 6.61 Å². The van der Waals surface area contributed by atoms with Gasteiger partial charge in [0, 0.05) is 24.8 Å². The number of ether oxygens (including phenoxy) is 4. The Morgan fingerprint density at radius 3 is 2.24 bits per heavy atom. The lowest BCUT2D eigenvalue weighted by molar-refractivity contribution is 0.00372. The second-order valence-electron chi connectivity index (χ2n) is 9.68. The van der Waals surface area contributed by atoms with E-state index in [0.717, 1.165) is 41.8 Å². The number of methoxy groups -OCH3 is 2. The number of carbonyl (C=O) groups excluding carboxylic acids is 3. The van der Waals surface area contributed by atoms with Gasteiger partial charge < -0.3 is 18.9 Å². The van der Waals surface area contributed by atoms with Crippen molar-refractivity contribution in [2.24, 2.45) is 0 Å². The summed E-state index contributed by atoms with van der Waals surface area (Å²) in [6.45, 7) is 0.352. The number of carbonyl (C=O) groups is 3. The molecule has 0 aliphatic heterocycles. The Labute approximate surface area is 239 Å². The smallest absolute Gasteiger partial charge is 0.431 e. The van der Waals surface area contributed by atoms with E-state index in [2.05, 4.69) is 5.32 Å². The molecule has 0 bridgehead atoms. The van der Waals surface area contributed by atoms with Crippen LogP contribution in [0.15, 0.2) is 72.8 Å². The van der Waals surface area contributed by atoms with Crippen LogP contribution in [0.1, 0.15) is 47.2 Å². The first-order chi connectivity index (χ1) is 19.9. The third kappa shape index (κ3) is 7.98. The minimum atomic E-state index is -0.833. The Morgan fingerprint density at radius 2 is 1.59 bits per heavy atom. The van der Waals surface area contributed by atoms with E-state index < -0.39 is 18.1 Å². The van der Waals surface area contributed by atoms with Gasteiger partial charge in [0.2, 0.25) is 0 Å². The molecular weight excluding hydrogens is 526 g/mol. The number of hydrogen-bond acceptors (Lipinski definition) is 8. The van der Waals surface area contributed by atoms with E-state index in [-0.39, 0.29) is 24.8 Å². The lowest BCUT2D eigenvalue weighted by Crippen LogP contribution is -2.47. The first-order valence-corrected chi connectivity index (χ1v) is 13.4. The van der Waals surface area contributed by atoms with Gasteiger partial charge in [-0.25, -0.2) is 14.6 Å². The Kier molecular flexibility index (Phi) is 10.2. The molecular formula is C31H35N3O7. The zero-order valence-corrected chi connectivity index (χ0v) is 23.5. The molecule has 0 spiro atoms. The lowest BCUT2D eigenvalue weighted by Gasteiger charge is -2.29. The van der Waals surface area contributed by atoms with Gasteiger partial charge in [-0.05, 0) is 73.2 Å². The average Bonchev–Trinajstić information content (AvgIpc) is 3.50. The Bertz CT molecular complexity index is 1330. The molecule has 1 fully saturated rings. The number of nitrogens with zero attached hydrogens (tertiary/aromatic N) is 2. The van der Waals surface area contributed by atoms with Gasteiger partial charge in [0.15, 0.2) is 11.5 Å². The van der Waals surface area contributed by atoms with Crippen LogP contribution in [0.25, 0.3) is 0 Å². The van der Waals surface area contributed by atoms with Crippen molar-refractivity contribution in [3.8, 4) is 11.5 Å². The fourth-order valence-electron chi connectivity index (χ4n) is 4.59. The van der Waals surface area contributed by atoms with Gasteiger partial charge in [-0.3, -0.25) is 10.1 Å². The van der Waals surface area contributed by atoms with Crippen LogP contribution in [0.4, 0.5) is 15.3 Å². The van der Waals surface area contributed by atoms with E-state index in [1.54, 1.807) is 26.3 Å². The number of nitrogens with one attached hydrogen (secondary N) is 1. The van der Waals surface area contributed by atoms with Gasteiger partial charge >= 0.3 is 12.2 Å². The molecule has 3 amide bonds. The summed E-state index contributed by atoms with van der Waals surface area (Å²) in [6.07, 6.45) is 2.97. The van der Waals surface area contributed by atoms with Crippen molar-refractivity contribution in [3.63, 3.8) is 0 Å². The van der Waals surface area contributed by atoms with Gasteiger partial charge in [0.05, 0.1) is 20.3 Å². The second-order valence-corrected chi connectivity index (χ2v) is 9.68. The van der Waals surface area contributed by atoms with Gasteiger partial charge in [-0.15, -0.1) is 0 Å². The average molecular weight is 562 g/mol. The highest BCUT2D eigenvalue weighted by Gasteiger charge is 2.28. The molecule has 0 unspecified atom stereocenters. The topological polar surface area (TPSA) is 107 Å². The minimum Gasteiger partial charge on any atom is -0.493 e. The number of anilines is 1. The highest BCUT2D eigenvalue weighted by molar-refractivity contribution is 6.02. The maximum Gasteiger partial charge on any atom is 0.431 e. The maximum atomic E-state index is 13.4. The van der Waals surface area contributed by atoms with E-state index in [1.165, 1.54) is 24.3 Å². The van der Waals surface area contributed by atoms with Crippen molar-refractivity contribution >= 4 is 23.8 Å². The van der Waals surface area contributed by atoms with Gasteiger partial charge in [-0.1, -0.05) is 36.4 Å². The summed E-state index contributed by atoms with van der Waals surface area (Å²) >= 11 is 0. The van der Waals surface area contributed by atoms with E-state index in [9.17, 15) is 14.4 Å². The highest BCUT2D eigenvalue weighted by atomic mass is 16.6. The summed E-state index contributed by atoms with van der Waals surface area (Å²) in [7, 11) is 4.43. The van der Waals surface area contributed by atoms with Crippen molar-refractivity contribution in [2.45, 2.75) is 44.9 Å². The summed E-state index contributed by atoms with van der Waals surface area (Å²) in [5.41, 5.74) is 2.34. The van der Waals surface area contributed by atoms with Crippen LogP contribution in [0.5, 0.6) is 11.5 Å². The number of imide groups is 1. The molecule has 10 heteroatoms. The Morgan fingerprint density at radius 1 is 0.878 bits per heavy atom. The molecule has 1 saturated carbocycles. The number of benzene rings is 3. The summed E-state index contributed by atoms with van der Waals surface area (Å²) in [4.78, 5) is 38.2. The number of hydrazine groups is 1. The molecule has 1 aliphatic rings. The molecule has 0 saturated heterocycles. The van der Waals surface area contributed by atoms with Crippen LogP contribution in [0, 0.1) is 0 Å². The molecule has 1 N–H and O–H groups in total. The largest absolute Gasteiger partial charge is 0.493 e. The van der Waals surface area contributed by atoms with Crippen molar-refractivity contribution in [1.29, 1.82) is 0 Å². The van der Waals surface area contributed by atoms with E-state index in [1.807, 2.05) is 48.5 Å². The summed E-state index contributed by atoms with van der Waals surface area (Å²) in [5, 5.41) is 5.03. The second kappa shape index (κ2) is 14.2. The van der Waals surface area contributed by atoms with E-state index in [4.69, 9.17) is 18.9 Å². The van der Waals surface area contributed by atoms with Crippen LogP contribution >= 0.6 is 0 Å². The standard InChI is InChI=1S/C31H35N3O7/c1-33(20-23-13-18-27(38-2)28(19-23)41-26-11-7-8-12-26)34(31(37)39-3)29(35)24-14-16-25(17-15-24)32-30(36)40-21-22-9-5-4-6-10-22/h4-6,9-10,13-19,26H,7-8,11-12,20-21H2,1-3H3,(H,32,36). The van der Waals surface area contributed by atoms with Crippen LogP contribution < -0.4 is 14.8 Å². The van der Waals surface area contributed by atoms with Crippen LogP contribution in [0.2, 0.25) is 0 Å². The van der Waals surface area contributed by atoms with Crippen LogP contribution in [-0.4, -0.2) is 55.5 Å². The highest BCUT2D eigenvalue weighted by Crippen LogP contribution is 2.33. The van der Waals surface area contributed by atoms with Crippen molar-refractivity contribution < 1.29 is 33.3 Å². The normalized spacial score (nSPS) is 13.0. The van der Waals surface area contributed by atoms with Gasteiger partial charge in [0.25, 0.3) is 5.91 Å². The summed E-state index contributed by atoms with van der Waals surface area (Å²) < 4.78 is 21.8. The van der Waals surface area contributed by atoms with Gasteiger partial charge in [-0.2, -0.15) is 5.01 Å². The zero-order chi connectivity index (χ0) is 29.2. The number of rotatable bonds is 10. The number of amides is 3. The summed E-state index contributed by atoms with van der Waals surface area (Å²) in [6, 6.07) is 21.0. The van der Waals surface area contributed by atoms with Crippen molar-refractivity contribution in [3.05, 3.63) is 89.5 Å². The van der Waals surface area contributed by atoms with Crippen molar-refractivity contribution in [2.75, 3.05) is 26.6 Å². The minimum absolute atomic E-state index is 0.131. The zero-order valence-electron chi connectivity index (χ0n) is 23.5. The van der Waals surface area contributed by atoms with E-state index >= 15 is 0 Å². The molecule has 0 radical (unpaired) electrons. The monoisotopic (exact) mass is 561 g/mol. The van der Waals surface area contributed by atoms with Crippen LogP contribution in [-0.2, 0) is 22.6 Å². The Balaban J connectivity index is 1.41. The fourth-order valence-corrected chi connectivity index (χ4v) is 4.59. The number of hydrogen-bond donors (Lipinski definition) is 1. The van der Waals surface area contributed by atoms with Crippen molar-refractivity contribution in [1.82, 2.24) is 10.0 Å². The molecule has 3 aromatic carbocycles. The molecule has 4 rings (SSSR count). The summed E-state index contributed by atoms with van der Waals surface area (Å²) in [5.74, 6) is 0.668. The first kappa shape index (κ1) is 29.4. The predicted molar refractivity (Wildman–Crippen MR) is 153 cm³/mol. The fraction of sp³-hybridized carbons (Fsp3) is 0.323. The Hall–Kier alpha value is -4.57. The quantitative estimate of drug-likeness (QED) is 0.300. The predicted octanol–water partition coefficient (Wildman–Crippen LogP) is 6.02. The third-order valence-electron chi connectivity index (χ3n) is 6.71. The first-order valence-electron chi connectivity index (χ1n) is 13.4. The SMILES string of the molecule is COC(=O)N(C(=O)c1ccc(NC(=O)OCc2ccccc2)cc1)N(C)Cc1ccc(OC)c(OC2CCCC2)c1. The molecule has 1 aliphatic carbocycles. The van der Waals surface area contributed by atoms with Crippen LogP contribution in [0.3, 0.4) is 0 Å². The van der Waals surface area contributed by atoms with E-state index in [0.29, 0.717) is 17.2 Å². The lowest BCUT2D eigenvalue weighted by atomic mass is 10.1. The molecule has 0 aromatic heterocycles. The molecule has 10 nitrogen and oxygen atoms in total.